The van der Waals surface area contributed by atoms with E-state index in [9.17, 15) is 0 Å². The van der Waals surface area contributed by atoms with Gasteiger partial charge in [0, 0.05) is 19.0 Å². The zero-order chi connectivity index (χ0) is 13.5. The summed E-state index contributed by atoms with van der Waals surface area (Å²) in [5.74, 6) is 0.688. The molecule has 2 nitrogen and oxygen atoms in total. The maximum atomic E-state index is 5.74. The second-order valence-corrected chi connectivity index (χ2v) is 5.57. The third-order valence-electron chi connectivity index (χ3n) is 3.41. The van der Waals surface area contributed by atoms with E-state index in [0.717, 1.165) is 13.0 Å². The molecule has 0 heterocycles. The fourth-order valence-corrected chi connectivity index (χ4v) is 2.30. The summed E-state index contributed by atoms with van der Waals surface area (Å²) in [6.45, 7) is 5.57. The SMILES string of the molecule is CCC(C)CN(C)C(CC(N)=S)c1ccccc1. The third-order valence-corrected chi connectivity index (χ3v) is 3.57. The van der Waals surface area contributed by atoms with Gasteiger partial charge in [0.2, 0.25) is 0 Å². The van der Waals surface area contributed by atoms with Crippen LogP contribution in [0.4, 0.5) is 0 Å². The van der Waals surface area contributed by atoms with E-state index in [0.29, 0.717) is 10.9 Å². The molecule has 2 N–H and O–H groups in total. The maximum absolute atomic E-state index is 5.74. The number of thiocarbonyl (C=S) groups is 1. The average Bonchev–Trinajstić information content (AvgIpc) is 2.36. The fraction of sp³-hybridized carbons (Fsp3) is 0.533. The van der Waals surface area contributed by atoms with Gasteiger partial charge < -0.3 is 5.73 Å². The fourth-order valence-electron chi connectivity index (χ4n) is 2.14. The molecular formula is C15H24N2S. The second kappa shape index (κ2) is 7.49. The molecule has 2 atom stereocenters. The summed E-state index contributed by atoms with van der Waals surface area (Å²) in [5, 5.41) is 0. The van der Waals surface area contributed by atoms with Crippen molar-refractivity contribution < 1.29 is 0 Å². The van der Waals surface area contributed by atoms with Crippen molar-refractivity contribution >= 4 is 17.2 Å². The Labute approximate surface area is 116 Å². The van der Waals surface area contributed by atoms with Crippen LogP contribution in [-0.2, 0) is 0 Å². The number of hydrogen-bond acceptors (Lipinski definition) is 2. The quantitative estimate of drug-likeness (QED) is 0.766. The monoisotopic (exact) mass is 264 g/mol. The molecule has 0 radical (unpaired) electrons. The standard InChI is InChI=1S/C15H24N2S/c1-4-12(2)11-17(3)14(10-15(16)18)13-8-6-5-7-9-13/h5-9,12,14H,4,10-11H2,1-3H3,(H2,16,18). The first-order valence-corrected chi connectivity index (χ1v) is 6.98. The highest BCUT2D eigenvalue weighted by Gasteiger charge is 2.19. The number of nitrogens with zero attached hydrogens (tertiary/aromatic N) is 1. The second-order valence-electron chi connectivity index (χ2n) is 5.05. The normalized spacial score (nSPS) is 14.4. The van der Waals surface area contributed by atoms with Gasteiger partial charge in [-0.2, -0.15) is 0 Å². The van der Waals surface area contributed by atoms with Crippen LogP contribution in [0, 0.1) is 5.92 Å². The van der Waals surface area contributed by atoms with Gasteiger partial charge in [0.1, 0.15) is 0 Å². The smallest absolute Gasteiger partial charge is 0.0746 e. The maximum Gasteiger partial charge on any atom is 0.0746 e. The molecule has 0 aliphatic rings. The van der Waals surface area contributed by atoms with Crippen LogP contribution < -0.4 is 5.73 Å². The first kappa shape index (κ1) is 15.1. The van der Waals surface area contributed by atoms with Crippen LogP contribution in [0.15, 0.2) is 30.3 Å². The predicted molar refractivity (Wildman–Crippen MR) is 82.7 cm³/mol. The van der Waals surface area contributed by atoms with E-state index in [1.165, 1.54) is 12.0 Å². The van der Waals surface area contributed by atoms with Gasteiger partial charge >= 0.3 is 0 Å². The number of nitrogens with two attached hydrogens (primary N) is 1. The van der Waals surface area contributed by atoms with E-state index in [1.807, 2.05) is 6.07 Å². The van der Waals surface area contributed by atoms with Gasteiger partial charge in [0.05, 0.1) is 4.99 Å². The Morgan fingerprint density at radius 3 is 2.44 bits per heavy atom. The van der Waals surface area contributed by atoms with Crippen molar-refractivity contribution in [2.75, 3.05) is 13.6 Å². The number of hydrogen-bond donors (Lipinski definition) is 1. The van der Waals surface area contributed by atoms with Crippen LogP contribution in [0.25, 0.3) is 0 Å². The molecule has 1 aromatic carbocycles. The Balaban J connectivity index is 2.81. The van der Waals surface area contributed by atoms with Gasteiger partial charge in [-0.1, -0.05) is 62.8 Å². The molecule has 1 aromatic rings. The minimum Gasteiger partial charge on any atom is -0.393 e. The van der Waals surface area contributed by atoms with Crippen molar-refractivity contribution in [3.05, 3.63) is 35.9 Å². The zero-order valence-electron chi connectivity index (χ0n) is 11.6. The van der Waals surface area contributed by atoms with Crippen LogP contribution in [0.3, 0.4) is 0 Å². The highest BCUT2D eigenvalue weighted by atomic mass is 32.1. The largest absolute Gasteiger partial charge is 0.393 e. The summed E-state index contributed by atoms with van der Waals surface area (Å²) in [7, 11) is 2.15. The lowest BCUT2D eigenvalue weighted by molar-refractivity contribution is 0.215. The zero-order valence-corrected chi connectivity index (χ0v) is 12.4. The lowest BCUT2D eigenvalue weighted by Gasteiger charge is -2.30. The van der Waals surface area contributed by atoms with Crippen molar-refractivity contribution in [2.24, 2.45) is 11.7 Å². The molecule has 0 aliphatic carbocycles. The first-order chi connectivity index (χ1) is 8.54. The molecule has 0 bridgehead atoms. The molecular weight excluding hydrogens is 240 g/mol. The van der Waals surface area contributed by atoms with Crippen LogP contribution in [-0.4, -0.2) is 23.5 Å². The molecule has 2 unspecified atom stereocenters. The number of benzene rings is 1. The molecule has 0 aromatic heterocycles. The number of rotatable bonds is 7. The minimum absolute atomic E-state index is 0.290. The Hall–Kier alpha value is -0.930. The Morgan fingerprint density at radius 1 is 1.33 bits per heavy atom. The van der Waals surface area contributed by atoms with Crippen molar-refractivity contribution in [3.63, 3.8) is 0 Å². The van der Waals surface area contributed by atoms with E-state index in [-0.39, 0.29) is 6.04 Å². The highest BCUT2D eigenvalue weighted by molar-refractivity contribution is 7.80. The average molecular weight is 264 g/mol. The van der Waals surface area contributed by atoms with E-state index in [4.69, 9.17) is 18.0 Å². The summed E-state index contributed by atoms with van der Waals surface area (Å²) in [6.07, 6.45) is 1.94. The van der Waals surface area contributed by atoms with E-state index < -0.39 is 0 Å². The molecule has 0 amide bonds. The van der Waals surface area contributed by atoms with Gasteiger partial charge in [-0.15, -0.1) is 0 Å². The molecule has 100 valence electrons. The minimum atomic E-state index is 0.290. The van der Waals surface area contributed by atoms with Crippen molar-refractivity contribution in [1.29, 1.82) is 0 Å². The molecule has 1 rings (SSSR count). The highest BCUT2D eigenvalue weighted by Crippen LogP contribution is 2.24. The van der Waals surface area contributed by atoms with Gasteiger partial charge in [0.15, 0.2) is 0 Å². The summed E-state index contributed by atoms with van der Waals surface area (Å²) in [6, 6.07) is 10.8. The summed E-state index contributed by atoms with van der Waals surface area (Å²) >= 11 is 5.08. The molecule has 3 heteroatoms. The molecule has 0 saturated heterocycles. The Kier molecular flexibility index (Phi) is 6.30. The summed E-state index contributed by atoms with van der Waals surface area (Å²) < 4.78 is 0. The van der Waals surface area contributed by atoms with Crippen LogP contribution >= 0.6 is 12.2 Å². The van der Waals surface area contributed by atoms with E-state index in [2.05, 4.69) is 50.1 Å². The topological polar surface area (TPSA) is 29.3 Å². The van der Waals surface area contributed by atoms with Gasteiger partial charge in [-0.05, 0) is 18.5 Å². The first-order valence-electron chi connectivity index (χ1n) is 6.58. The van der Waals surface area contributed by atoms with Gasteiger partial charge in [-0.25, -0.2) is 0 Å². The van der Waals surface area contributed by atoms with Crippen molar-refractivity contribution in [3.8, 4) is 0 Å². The lowest BCUT2D eigenvalue weighted by atomic mass is 10.0. The molecule has 0 aliphatic heterocycles. The summed E-state index contributed by atoms with van der Waals surface area (Å²) in [5.41, 5.74) is 7.02. The molecule has 0 fully saturated rings. The van der Waals surface area contributed by atoms with Gasteiger partial charge in [-0.3, -0.25) is 4.90 Å². The van der Waals surface area contributed by atoms with E-state index >= 15 is 0 Å². The third kappa shape index (κ3) is 4.75. The van der Waals surface area contributed by atoms with Crippen molar-refractivity contribution in [1.82, 2.24) is 4.90 Å². The summed E-state index contributed by atoms with van der Waals surface area (Å²) in [4.78, 5) is 2.95. The molecule has 18 heavy (non-hydrogen) atoms. The van der Waals surface area contributed by atoms with Crippen molar-refractivity contribution in [2.45, 2.75) is 32.7 Å². The molecule has 0 saturated carbocycles. The van der Waals surface area contributed by atoms with Crippen LogP contribution in [0.5, 0.6) is 0 Å². The molecule has 0 spiro atoms. The Bertz CT molecular complexity index is 364. The van der Waals surface area contributed by atoms with Gasteiger partial charge in [0.25, 0.3) is 0 Å². The Morgan fingerprint density at radius 2 is 1.94 bits per heavy atom. The predicted octanol–water partition coefficient (Wildman–Crippen LogP) is 3.38. The van der Waals surface area contributed by atoms with Crippen LogP contribution in [0.2, 0.25) is 0 Å². The van der Waals surface area contributed by atoms with Crippen LogP contribution in [0.1, 0.15) is 38.3 Å². The van der Waals surface area contributed by atoms with E-state index in [1.54, 1.807) is 0 Å². The lowest BCUT2D eigenvalue weighted by Crippen LogP contribution is -2.31.